The van der Waals surface area contributed by atoms with Gasteiger partial charge in [-0.15, -0.1) is 0 Å². The van der Waals surface area contributed by atoms with Gasteiger partial charge in [-0.1, -0.05) is 67.6 Å². The number of fused-ring (bicyclic) bond motifs is 2. The van der Waals surface area contributed by atoms with E-state index in [1.54, 1.807) is 0 Å². The van der Waals surface area contributed by atoms with Crippen molar-refractivity contribution in [2.24, 2.45) is 12.0 Å². The van der Waals surface area contributed by atoms with Crippen molar-refractivity contribution >= 4 is 27.9 Å². The number of benzene rings is 4. The number of imidazole rings is 2. The smallest absolute Gasteiger partial charge is 0.140 e. The van der Waals surface area contributed by atoms with Crippen LogP contribution in [0, 0.1) is 6.92 Å². The Morgan fingerprint density at radius 2 is 1.61 bits per heavy atom. The first kappa shape index (κ1) is 25.3. The highest BCUT2D eigenvalue weighted by molar-refractivity contribution is 6.05. The molecule has 0 fully saturated rings. The van der Waals surface area contributed by atoms with E-state index in [2.05, 4.69) is 119 Å². The van der Waals surface area contributed by atoms with Crippen LogP contribution in [0.5, 0.6) is 0 Å². The number of amidine groups is 1. The molecule has 3 heterocycles. The first-order valence-corrected chi connectivity index (χ1v) is 14.5. The Morgan fingerprint density at radius 3 is 2.37 bits per heavy atom. The molecule has 41 heavy (non-hydrogen) atoms. The third-order valence-corrected chi connectivity index (χ3v) is 8.10. The second-order valence-electron chi connectivity index (χ2n) is 10.9. The quantitative estimate of drug-likeness (QED) is 0.240. The number of aliphatic imine (C=N–C) groups is 1. The van der Waals surface area contributed by atoms with Gasteiger partial charge in [-0.25, -0.2) is 9.97 Å². The monoisotopic (exact) mass is 538 g/mol. The predicted molar refractivity (Wildman–Crippen MR) is 169 cm³/mol. The van der Waals surface area contributed by atoms with Gasteiger partial charge in [0.2, 0.25) is 0 Å². The Hall–Kier alpha value is -4.71. The van der Waals surface area contributed by atoms with Crippen LogP contribution in [0.15, 0.2) is 89.9 Å². The van der Waals surface area contributed by atoms with Crippen LogP contribution >= 0.6 is 0 Å². The maximum absolute atomic E-state index is 5.13. The van der Waals surface area contributed by atoms with E-state index in [9.17, 15) is 0 Å². The molecule has 0 amide bonds. The summed E-state index contributed by atoms with van der Waals surface area (Å²) in [6.07, 6.45) is 1.99. The molecular weight excluding hydrogens is 504 g/mol. The average molecular weight is 539 g/mol. The van der Waals surface area contributed by atoms with Gasteiger partial charge in [-0.05, 0) is 59.9 Å². The molecule has 0 spiro atoms. The van der Waals surface area contributed by atoms with Gasteiger partial charge in [0.25, 0.3) is 0 Å². The molecule has 4 aromatic carbocycles. The van der Waals surface area contributed by atoms with Gasteiger partial charge in [0.15, 0.2) is 0 Å². The SMILES string of the molecule is CCCc1nc2c(C)cc(-c3nc4ccccc4n3C)cc2n1Cc1ccc(-c2ccccc2C2=NCCN2)cc1. The normalized spacial score (nSPS) is 13.2. The summed E-state index contributed by atoms with van der Waals surface area (Å²) in [5.41, 5.74) is 11.5. The maximum atomic E-state index is 5.13. The molecule has 7 rings (SSSR count). The van der Waals surface area contributed by atoms with Gasteiger partial charge in [-0.2, -0.15) is 0 Å². The van der Waals surface area contributed by atoms with Gasteiger partial charge in [-0.3, -0.25) is 4.99 Å². The Labute approximate surface area is 240 Å². The molecule has 0 saturated heterocycles. The lowest BCUT2D eigenvalue weighted by molar-refractivity contribution is 0.722. The molecule has 6 nitrogen and oxygen atoms in total. The number of para-hydroxylation sites is 2. The average Bonchev–Trinajstić information content (AvgIpc) is 3.73. The van der Waals surface area contributed by atoms with E-state index >= 15 is 0 Å². The van der Waals surface area contributed by atoms with Crippen molar-refractivity contribution in [3.63, 3.8) is 0 Å². The fraction of sp³-hybridized carbons (Fsp3) is 0.229. The summed E-state index contributed by atoms with van der Waals surface area (Å²) in [6, 6.07) is 30.3. The fourth-order valence-electron chi connectivity index (χ4n) is 6.06. The second-order valence-corrected chi connectivity index (χ2v) is 10.9. The van der Waals surface area contributed by atoms with E-state index in [4.69, 9.17) is 9.97 Å². The molecule has 6 heteroatoms. The number of aromatic nitrogens is 4. The lowest BCUT2D eigenvalue weighted by atomic mass is 9.98. The summed E-state index contributed by atoms with van der Waals surface area (Å²) in [7, 11) is 2.10. The number of nitrogens with one attached hydrogen (secondary N) is 1. The van der Waals surface area contributed by atoms with E-state index < -0.39 is 0 Å². The maximum Gasteiger partial charge on any atom is 0.140 e. The van der Waals surface area contributed by atoms with Crippen molar-refractivity contribution < 1.29 is 0 Å². The molecule has 0 atom stereocenters. The van der Waals surface area contributed by atoms with Crippen molar-refractivity contribution in [1.29, 1.82) is 0 Å². The van der Waals surface area contributed by atoms with Crippen LogP contribution in [-0.2, 0) is 20.0 Å². The summed E-state index contributed by atoms with van der Waals surface area (Å²) in [5, 5.41) is 3.42. The number of hydrogen-bond donors (Lipinski definition) is 1. The molecule has 0 saturated carbocycles. The number of nitrogens with zero attached hydrogens (tertiary/aromatic N) is 5. The van der Waals surface area contributed by atoms with Crippen LogP contribution in [0.1, 0.15) is 35.9 Å². The Morgan fingerprint density at radius 1 is 0.829 bits per heavy atom. The van der Waals surface area contributed by atoms with E-state index in [0.717, 1.165) is 83.2 Å². The van der Waals surface area contributed by atoms with Gasteiger partial charge in [0.1, 0.15) is 17.5 Å². The molecule has 6 aromatic rings. The number of rotatable bonds is 7. The van der Waals surface area contributed by atoms with Crippen molar-refractivity contribution in [2.75, 3.05) is 13.1 Å². The molecule has 2 aromatic heterocycles. The van der Waals surface area contributed by atoms with E-state index in [1.807, 2.05) is 6.07 Å². The summed E-state index contributed by atoms with van der Waals surface area (Å²) < 4.78 is 4.59. The molecular formula is C35H34N6. The fourth-order valence-corrected chi connectivity index (χ4v) is 6.06. The zero-order chi connectivity index (χ0) is 27.9. The first-order valence-electron chi connectivity index (χ1n) is 14.5. The van der Waals surface area contributed by atoms with Gasteiger partial charge in [0.05, 0.1) is 28.6 Å². The van der Waals surface area contributed by atoms with Crippen LogP contribution in [0.2, 0.25) is 0 Å². The summed E-state index contributed by atoms with van der Waals surface area (Å²) in [5.74, 6) is 3.10. The van der Waals surface area contributed by atoms with E-state index in [-0.39, 0.29) is 0 Å². The zero-order valence-electron chi connectivity index (χ0n) is 23.9. The van der Waals surface area contributed by atoms with Crippen LogP contribution in [-0.4, -0.2) is 38.0 Å². The Bertz CT molecular complexity index is 1920. The molecule has 0 aliphatic carbocycles. The van der Waals surface area contributed by atoms with Crippen LogP contribution < -0.4 is 5.32 Å². The lowest BCUT2D eigenvalue weighted by Crippen LogP contribution is -2.20. The highest BCUT2D eigenvalue weighted by Gasteiger charge is 2.18. The van der Waals surface area contributed by atoms with Crippen LogP contribution in [0.4, 0.5) is 0 Å². The van der Waals surface area contributed by atoms with Gasteiger partial charge < -0.3 is 14.5 Å². The van der Waals surface area contributed by atoms with Crippen LogP contribution in [0.25, 0.3) is 44.6 Å². The molecule has 1 aliphatic rings. The third kappa shape index (κ3) is 4.49. The number of aryl methyl sites for hydroxylation is 3. The largest absolute Gasteiger partial charge is 0.368 e. The minimum absolute atomic E-state index is 0.771. The second kappa shape index (κ2) is 10.4. The molecule has 1 aliphatic heterocycles. The highest BCUT2D eigenvalue weighted by atomic mass is 15.1. The van der Waals surface area contributed by atoms with E-state index in [1.165, 1.54) is 22.3 Å². The van der Waals surface area contributed by atoms with Crippen molar-refractivity contribution in [1.82, 2.24) is 24.4 Å². The van der Waals surface area contributed by atoms with Crippen molar-refractivity contribution in [3.8, 4) is 22.5 Å². The third-order valence-electron chi connectivity index (χ3n) is 8.10. The van der Waals surface area contributed by atoms with Crippen LogP contribution in [0.3, 0.4) is 0 Å². The zero-order valence-corrected chi connectivity index (χ0v) is 23.9. The molecule has 0 bridgehead atoms. The lowest BCUT2D eigenvalue weighted by Gasteiger charge is -2.13. The van der Waals surface area contributed by atoms with Crippen molar-refractivity contribution in [3.05, 3.63) is 107 Å². The van der Waals surface area contributed by atoms with Gasteiger partial charge in [0, 0.05) is 37.7 Å². The minimum Gasteiger partial charge on any atom is -0.368 e. The molecule has 1 N–H and O–H groups in total. The van der Waals surface area contributed by atoms with Gasteiger partial charge >= 0.3 is 0 Å². The Balaban J connectivity index is 1.28. The first-order chi connectivity index (χ1) is 20.1. The van der Waals surface area contributed by atoms with Crippen molar-refractivity contribution in [2.45, 2.75) is 33.2 Å². The summed E-state index contributed by atoms with van der Waals surface area (Å²) >= 11 is 0. The predicted octanol–water partition coefficient (Wildman–Crippen LogP) is 6.92. The molecule has 0 radical (unpaired) electrons. The van der Waals surface area contributed by atoms with E-state index in [0.29, 0.717) is 0 Å². The molecule has 204 valence electrons. The standard InChI is InChI=1S/C35H34N6/c1-4-9-32-39-33-23(2)20-26(35-38-29-12-7-8-13-30(29)40(35)3)21-31(33)41(32)22-24-14-16-25(17-15-24)27-10-5-6-11-28(27)34-36-18-19-37-34/h5-8,10-17,20-21H,4,9,18-19,22H2,1-3H3,(H,36,37). The highest BCUT2D eigenvalue weighted by Crippen LogP contribution is 2.31. The summed E-state index contributed by atoms with van der Waals surface area (Å²) in [6.45, 7) is 6.89. The summed E-state index contributed by atoms with van der Waals surface area (Å²) in [4.78, 5) is 14.8. The topological polar surface area (TPSA) is 60.0 Å². The Kier molecular flexibility index (Phi) is 6.38. The minimum atomic E-state index is 0.771. The number of hydrogen-bond acceptors (Lipinski definition) is 4. The molecule has 0 unspecified atom stereocenters.